The van der Waals surface area contributed by atoms with Crippen molar-refractivity contribution < 1.29 is 21.5 Å². The fourth-order valence-corrected chi connectivity index (χ4v) is 7.54. The van der Waals surface area contributed by atoms with Crippen LogP contribution in [-0.2, 0) is 44.6 Å². The van der Waals surface area contributed by atoms with Crippen molar-refractivity contribution in [3.05, 3.63) is 65.4 Å². The average molecular weight is 575 g/mol. The van der Waals surface area contributed by atoms with Gasteiger partial charge in [0.15, 0.2) is 0 Å². The van der Waals surface area contributed by atoms with E-state index in [1.165, 1.54) is 16.8 Å². The van der Waals surface area contributed by atoms with E-state index in [9.17, 15) is 12.6 Å². The molecule has 3 aromatic rings. The van der Waals surface area contributed by atoms with Crippen LogP contribution in [0.15, 0.2) is 48.5 Å². The minimum absolute atomic E-state index is 0.113. The molecule has 0 saturated carbocycles. The Kier molecular flexibility index (Phi) is 10.6. The Labute approximate surface area is 236 Å². The van der Waals surface area contributed by atoms with Gasteiger partial charge in [-0.3, -0.25) is 13.3 Å². The zero-order valence-corrected chi connectivity index (χ0v) is 25.1. The lowest BCUT2D eigenvalue weighted by Gasteiger charge is -2.25. The standard InChI is InChI=1S/C30H42N2O5S2/c1-4-31(22-24-12-6-5-7-13-24)23-38(33)21-9-8-14-25-15-10-16-26-29(25)30-27(17-11-18-28(30)36-2)32(26)19-20-37-39(3,34)35/h5-7,11-13,17-18,25H,4,8-10,14-16,19-23H2,1-3H3. The Balaban J connectivity index is 1.40. The molecule has 9 heteroatoms. The van der Waals surface area contributed by atoms with E-state index in [1.807, 2.05) is 30.3 Å². The van der Waals surface area contributed by atoms with Crippen LogP contribution in [0.5, 0.6) is 5.75 Å². The van der Waals surface area contributed by atoms with Gasteiger partial charge in [0.05, 0.1) is 31.4 Å². The minimum atomic E-state index is -3.49. The average Bonchev–Trinajstić information content (AvgIpc) is 3.25. The summed E-state index contributed by atoms with van der Waals surface area (Å²) in [5.41, 5.74) is 4.93. The van der Waals surface area contributed by atoms with Crippen molar-refractivity contribution in [2.24, 2.45) is 0 Å². The number of ether oxygens (including phenoxy) is 1. The van der Waals surface area contributed by atoms with E-state index in [0.29, 0.717) is 18.3 Å². The van der Waals surface area contributed by atoms with Gasteiger partial charge in [-0.25, -0.2) is 0 Å². The maximum absolute atomic E-state index is 12.9. The predicted octanol–water partition coefficient (Wildman–Crippen LogP) is 5.44. The molecule has 0 amide bonds. The van der Waals surface area contributed by atoms with Crippen molar-refractivity contribution in [3.8, 4) is 5.75 Å². The topological polar surface area (TPSA) is 77.8 Å². The molecule has 0 bridgehead atoms. The normalized spacial score (nSPS) is 16.5. The Morgan fingerprint density at radius 1 is 1.10 bits per heavy atom. The van der Waals surface area contributed by atoms with Crippen LogP contribution in [0.4, 0.5) is 0 Å². The van der Waals surface area contributed by atoms with E-state index >= 15 is 0 Å². The van der Waals surface area contributed by atoms with Gasteiger partial charge in [0.1, 0.15) is 5.75 Å². The van der Waals surface area contributed by atoms with E-state index in [0.717, 1.165) is 80.3 Å². The second kappa shape index (κ2) is 13.9. The molecule has 39 heavy (non-hydrogen) atoms. The smallest absolute Gasteiger partial charge is 0.264 e. The van der Waals surface area contributed by atoms with Crippen LogP contribution in [0, 0.1) is 0 Å². The molecule has 0 fully saturated rings. The minimum Gasteiger partial charge on any atom is -0.496 e. The van der Waals surface area contributed by atoms with Crippen LogP contribution in [0.3, 0.4) is 0 Å². The Morgan fingerprint density at radius 2 is 1.90 bits per heavy atom. The van der Waals surface area contributed by atoms with Crippen LogP contribution in [0.2, 0.25) is 0 Å². The van der Waals surface area contributed by atoms with E-state index in [2.05, 4.69) is 34.6 Å². The van der Waals surface area contributed by atoms with Crippen molar-refractivity contribution >= 4 is 31.8 Å². The third-order valence-corrected chi connectivity index (χ3v) is 9.60. The van der Waals surface area contributed by atoms with E-state index < -0.39 is 20.9 Å². The Morgan fingerprint density at radius 3 is 2.62 bits per heavy atom. The van der Waals surface area contributed by atoms with Crippen LogP contribution in [0.1, 0.15) is 61.8 Å². The number of nitrogens with zero attached hydrogens (tertiary/aromatic N) is 2. The molecule has 0 N–H and O–H groups in total. The highest BCUT2D eigenvalue weighted by molar-refractivity contribution is 7.86. The monoisotopic (exact) mass is 574 g/mol. The molecule has 1 aromatic heterocycles. The van der Waals surface area contributed by atoms with Crippen LogP contribution >= 0.6 is 0 Å². The molecule has 1 aliphatic carbocycles. The second-order valence-corrected chi connectivity index (χ2v) is 13.6. The Bertz CT molecular complexity index is 1350. The third-order valence-electron chi connectivity index (χ3n) is 7.61. The van der Waals surface area contributed by atoms with Crippen molar-refractivity contribution in [1.82, 2.24) is 9.47 Å². The highest BCUT2D eigenvalue weighted by Crippen LogP contribution is 2.44. The first-order valence-corrected chi connectivity index (χ1v) is 17.2. The highest BCUT2D eigenvalue weighted by atomic mass is 32.2. The summed E-state index contributed by atoms with van der Waals surface area (Å²) in [5.74, 6) is 2.60. The van der Waals surface area contributed by atoms with Gasteiger partial charge in [-0.15, -0.1) is 0 Å². The molecule has 2 aromatic carbocycles. The first kappa shape index (κ1) is 29.8. The van der Waals surface area contributed by atoms with Gasteiger partial charge in [-0.05, 0) is 67.8 Å². The fourth-order valence-electron chi connectivity index (χ4n) is 5.83. The van der Waals surface area contributed by atoms with Gasteiger partial charge in [0.25, 0.3) is 10.1 Å². The highest BCUT2D eigenvalue weighted by Gasteiger charge is 2.29. The molecule has 0 radical (unpaired) electrons. The number of aromatic nitrogens is 1. The largest absolute Gasteiger partial charge is 0.496 e. The first-order valence-electron chi connectivity index (χ1n) is 13.9. The summed E-state index contributed by atoms with van der Waals surface area (Å²) in [5, 5.41) is 1.14. The van der Waals surface area contributed by atoms with Gasteiger partial charge < -0.3 is 9.30 Å². The number of methoxy groups -OCH3 is 1. The fraction of sp³-hybridized carbons (Fsp3) is 0.533. The number of benzene rings is 2. The van der Waals surface area contributed by atoms with Crippen molar-refractivity contribution in [3.63, 3.8) is 0 Å². The summed E-state index contributed by atoms with van der Waals surface area (Å²) in [6, 6.07) is 16.4. The maximum atomic E-state index is 12.9. The molecule has 0 saturated heterocycles. The molecule has 0 spiro atoms. The summed E-state index contributed by atoms with van der Waals surface area (Å²) in [6.07, 6.45) is 7.28. The lowest BCUT2D eigenvalue weighted by atomic mass is 9.82. The number of hydrogen-bond donors (Lipinski definition) is 0. The molecular weight excluding hydrogens is 532 g/mol. The zero-order valence-electron chi connectivity index (χ0n) is 23.4. The van der Waals surface area contributed by atoms with Gasteiger partial charge in [-0.2, -0.15) is 8.42 Å². The first-order chi connectivity index (χ1) is 18.8. The van der Waals surface area contributed by atoms with Gasteiger partial charge in [-0.1, -0.05) is 49.7 Å². The maximum Gasteiger partial charge on any atom is 0.264 e. The molecule has 1 heterocycles. The summed E-state index contributed by atoms with van der Waals surface area (Å²) >= 11 is 0. The molecule has 7 nitrogen and oxygen atoms in total. The van der Waals surface area contributed by atoms with Crippen LogP contribution < -0.4 is 4.74 Å². The van der Waals surface area contributed by atoms with E-state index in [1.54, 1.807) is 7.11 Å². The molecule has 2 atom stereocenters. The SMILES string of the molecule is CCN(Cc1ccccc1)CS(=O)CCCCC1CCCc2c1c1c(OC)cccc1n2CCOS(C)(=O)=O. The zero-order chi connectivity index (χ0) is 27.8. The summed E-state index contributed by atoms with van der Waals surface area (Å²) in [7, 11) is -2.66. The van der Waals surface area contributed by atoms with Crippen molar-refractivity contribution in [1.29, 1.82) is 0 Å². The quantitative estimate of drug-likeness (QED) is 0.178. The van der Waals surface area contributed by atoms with E-state index in [-0.39, 0.29) is 6.61 Å². The van der Waals surface area contributed by atoms with Crippen LogP contribution in [-0.4, -0.2) is 60.2 Å². The number of hydrogen-bond acceptors (Lipinski definition) is 6. The lowest BCUT2D eigenvalue weighted by Crippen LogP contribution is -2.27. The third kappa shape index (κ3) is 7.93. The molecule has 2 unspecified atom stereocenters. The van der Waals surface area contributed by atoms with E-state index in [4.69, 9.17) is 8.92 Å². The molecule has 4 rings (SSSR count). The summed E-state index contributed by atoms with van der Waals surface area (Å²) in [6.45, 7) is 4.43. The van der Waals surface area contributed by atoms with Gasteiger partial charge in [0.2, 0.25) is 0 Å². The lowest BCUT2D eigenvalue weighted by molar-refractivity contribution is 0.303. The van der Waals surface area contributed by atoms with Crippen LogP contribution in [0.25, 0.3) is 10.9 Å². The summed E-state index contributed by atoms with van der Waals surface area (Å²) < 4.78 is 49.1. The number of unbranched alkanes of at least 4 members (excludes halogenated alkanes) is 1. The second-order valence-electron chi connectivity index (χ2n) is 10.4. The van der Waals surface area contributed by atoms with Crippen molar-refractivity contribution in [2.75, 3.05) is 38.1 Å². The van der Waals surface area contributed by atoms with Gasteiger partial charge >= 0.3 is 0 Å². The predicted molar refractivity (Wildman–Crippen MR) is 159 cm³/mol. The van der Waals surface area contributed by atoms with Gasteiger partial charge in [0, 0.05) is 40.7 Å². The Hall–Kier alpha value is -2.20. The molecule has 1 aliphatic rings. The summed E-state index contributed by atoms with van der Waals surface area (Å²) in [4.78, 5) is 2.26. The molecule has 0 aliphatic heterocycles. The molecular formula is C30H42N2O5S2. The molecule has 214 valence electrons. The number of rotatable bonds is 15. The van der Waals surface area contributed by atoms with Crippen molar-refractivity contribution in [2.45, 2.75) is 64.5 Å². The number of fused-ring (bicyclic) bond motifs is 3.